The summed E-state index contributed by atoms with van der Waals surface area (Å²) in [5.41, 5.74) is 0.232. The lowest BCUT2D eigenvalue weighted by Crippen LogP contribution is -2.46. The van der Waals surface area contributed by atoms with Crippen molar-refractivity contribution in [2.45, 2.75) is 26.3 Å². The molecule has 7 heteroatoms. The zero-order chi connectivity index (χ0) is 15.3. The number of carbonyl (C=O) groups is 2. The van der Waals surface area contributed by atoms with E-state index < -0.39 is 23.9 Å². The van der Waals surface area contributed by atoms with E-state index in [1.807, 2.05) is 6.92 Å². The van der Waals surface area contributed by atoms with Crippen LogP contribution in [0.25, 0.3) is 0 Å². The van der Waals surface area contributed by atoms with E-state index in [0.717, 1.165) is 6.07 Å². The molecule has 0 spiro atoms. The summed E-state index contributed by atoms with van der Waals surface area (Å²) in [5.74, 6) is -1.82. The van der Waals surface area contributed by atoms with Gasteiger partial charge in [-0.2, -0.15) is 0 Å². The van der Waals surface area contributed by atoms with E-state index in [1.165, 1.54) is 12.1 Å². The zero-order valence-corrected chi connectivity index (χ0v) is 12.7. The van der Waals surface area contributed by atoms with Crippen LogP contribution in [0.15, 0.2) is 22.7 Å². The molecule has 1 aromatic rings. The second-order valence-electron chi connectivity index (χ2n) is 4.42. The maximum absolute atomic E-state index is 13.1. The van der Waals surface area contributed by atoms with Crippen LogP contribution in [0.2, 0.25) is 0 Å². The number of amides is 2. The molecule has 2 amide bonds. The predicted octanol–water partition coefficient (Wildman–Crippen LogP) is 3.21. The third kappa shape index (κ3) is 4.48. The van der Waals surface area contributed by atoms with Crippen LogP contribution in [0, 0.1) is 11.7 Å². The van der Waals surface area contributed by atoms with E-state index in [1.54, 1.807) is 6.92 Å². The van der Waals surface area contributed by atoms with Crippen molar-refractivity contribution in [2.75, 3.05) is 5.32 Å². The van der Waals surface area contributed by atoms with Crippen LogP contribution in [-0.2, 0) is 4.79 Å². The van der Waals surface area contributed by atoms with Crippen molar-refractivity contribution in [1.29, 1.82) is 0 Å². The van der Waals surface area contributed by atoms with Crippen molar-refractivity contribution in [3.63, 3.8) is 0 Å². The summed E-state index contributed by atoms with van der Waals surface area (Å²) >= 11 is 3.17. The van der Waals surface area contributed by atoms with E-state index >= 15 is 0 Å². The highest BCUT2D eigenvalue weighted by Gasteiger charge is 2.25. The van der Waals surface area contributed by atoms with Gasteiger partial charge in [0.05, 0.1) is 5.69 Å². The van der Waals surface area contributed by atoms with Crippen molar-refractivity contribution in [1.82, 2.24) is 5.32 Å². The van der Waals surface area contributed by atoms with Gasteiger partial charge in [0, 0.05) is 4.47 Å². The van der Waals surface area contributed by atoms with Gasteiger partial charge >= 0.3 is 12.0 Å². The molecule has 20 heavy (non-hydrogen) atoms. The fraction of sp³-hybridized carbons (Fsp3) is 0.385. The molecule has 0 aliphatic rings. The fourth-order valence-electron chi connectivity index (χ4n) is 1.58. The van der Waals surface area contributed by atoms with Crippen LogP contribution >= 0.6 is 15.9 Å². The number of urea groups is 1. The van der Waals surface area contributed by atoms with Gasteiger partial charge in [-0.05, 0) is 40.0 Å². The van der Waals surface area contributed by atoms with E-state index in [2.05, 4.69) is 26.6 Å². The Kier molecular flexibility index (Phi) is 5.94. The number of carboxylic acids is 1. The van der Waals surface area contributed by atoms with E-state index in [0.29, 0.717) is 10.9 Å². The van der Waals surface area contributed by atoms with Crippen molar-refractivity contribution in [2.24, 2.45) is 5.92 Å². The zero-order valence-electron chi connectivity index (χ0n) is 11.1. The average molecular weight is 347 g/mol. The second-order valence-corrected chi connectivity index (χ2v) is 5.28. The molecule has 110 valence electrons. The van der Waals surface area contributed by atoms with Crippen LogP contribution in [0.3, 0.4) is 0 Å². The van der Waals surface area contributed by atoms with Gasteiger partial charge in [-0.15, -0.1) is 0 Å². The number of rotatable bonds is 5. The number of carboxylic acid groups (broad SMARTS) is 1. The minimum atomic E-state index is -1.10. The molecule has 5 nitrogen and oxygen atoms in total. The third-order valence-electron chi connectivity index (χ3n) is 2.94. The lowest BCUT2D eigenvalue weighted by Gasteiger charge is -2.20. The van der Waals surface area contributed by atoms with Crippen LogP contribution in [0.4, 0.5) is 14.9 Å². The Labute approximate surface area is 124 Å². The summed E-state index contributed by atoms with van der Waals surface area (Å²) in [6.07, 6.45) is 0.612. The van der Waals surface area contributed by atoms with Crippen LogP contribution in [0.5, 0.6) is 0 Å². The Hall–Kier alpha value is -1.63. The summed E-state index contributed by atoms with van der Waals surface area (Å²) in [5, 5.41) is 13.9. The van der Waals surface area contributed by atoms with Crippen molar-refractivity contribution < 1.29 is 19.1 Å². The van der Waals surface area contributed by atoms with Gasteiger partial charge in [0.2, 0.25) is 0 Å². The molecule has 0 aromatic heterocycles. The van der Waals surface area contributed by atoms with E-state index in [-0.39, 0.29) is 11.6 Å². The molecular formula is C13H16BrFN2O3. The summed E-state index contributed by atoms with van der Waals surface area (Å²) in [6.45, 7) is 3.57. The lowest BCUT2D eigenvalue weighted by atomic mass is 9.99. The normalized spacial score (nSPS) is 13.4. The first-order valence-corrected chi connectivity index (χ1v) is 6.89. The fourth-order valence-corrected chi connectivity index (χ4v) is 1.92. The Morgan fingerprint density at radius 2 is 2.10 bits per heavy atom. The third-order valence-corrected chi connectivity index (χ3v) is 3.63. The maximum atomic E-state index is 13.1. The Morgan fingerprint density at radius 3 is 2.65 bits per heavy atom. The number of nitrogens with one attached hydrogen (secondary N) is 2. The standard InChI is InChI=1S/C13H16BrFN2O3/c1-3-7(2)11(12(18)19)17-13(20)16-10-6-8(15)4-5-9(10)14/h4-7,11H,3H2,1-2H3,(H,18,19)(H2,16,17,20)/t7-,11-/m0/s1. The lowest BCUT2D eigenvalue weighted by molar-refractivity contribution is -0.140. The summed E-state index contributed by atoms with van der Waals surface area (Å²) in [7, 11) is 0. The highest BCUT2D eigenvalue weighted by atomic mass is 79.9. The number of aliphatic carboxylic acids is 1. The molecule has 0 aliphatic carbocycles. The number of halogens is 2. The molecule has 0 radical (unpaired) electrons. The van der Waals surface area contributed by atoms with Crippen LogP contribution in [0.1, 0.15) is 20.3 Å². The van der Waals surface area contributed by atoms with Gasteiger partial charge in [-0.3, -0.25) is 0 Å². The van der Waals surface area contributed by atoms with Crippen molar-refractivity contribution in [3.05, 3.63) is 28.5 Å². The molecule has 0 aliphatic heterocycles. The number of hydrogen-bond donors (Lipinski definition) is 3. The first kappa shape index (κ1) is 16.4. The molecule has 0 fully saturated rings. The van der Waals surface area contributed by atoms with Crippen LogP contribution < -0.4 is 10.6 Å². The average Bonchev–Trinajstić information content (AvgIpc) is 2.39. The summed E-state index contributed by atoms with van der Waals surface area (Å²) in [4.78, 5) is 22.9. The van der Waals surface area contributed by atoms with E-state index in [4.69, 9.17) is 5.11 Å². The number of anilines is 1. The first-order chi connectivity index (χ1) is 9.35. The summed E-state index contributed by atoms with van der Waals surface area (Å²) in [6, 6.07) is 2.15. The van der Waals surface area contributed by atoms with Crippen molar-refractivity contribution in [3.8, 4) is 0 Å². The number of benzene rings is 1. The second kappa shape index (κ2) is 7.23. The Morgan fingerprint density at radius 1 is 1.45 bits per heavy atom. The van der Waals surface area contributed by atoms with Gasteiger partial charge in [0.15, 0.2) is 0 Å². The molecule has 0 heterocycles. The molecule has 1 rings (SSSR count). The monoisotopic (exact) mass is 346 g/mol. The topological polar surface area (TPSA) is 78.4 Å². The summed E-state index contributed by atoms with van der Waals surface area (Å²) < 4.78 is 13.6. The first-order valence-electron chi connectivity index (χ1n) is 6.10. The van der Waals surface area contributed by atoms with Crippen LogP contribution in [-0.4, -0.2) is 23.1 Å². The number of hydrogen-bond acceptors (Lipinski definition) is 2. The minimum Gasteiger partial charge on any atom is -0.480 e. The van der Waals surface area contributed by atoms with Crippen molar-refractivity contribution >= 4 is 33.6 Å². The molecule has 3 N–H and O–H groups in total. The SMILES string of the molecule is CC[C@H](C)[C@H](NC(=O)Nc1cc(F)ccc1Br)C(=O)O. The maximum Gasteiger partial charge on any atom is 0.326 e. The quantitative estimate of drug-likeness (QED) is 0.765. The predicted molar refractivity (Wildman–Crippen MR) is 77.1 cm³/mol. The molecule has 0 saturated heterocycles. The molecule has 1 aromatic carbocycles. The van der Waals surface area contributed by atoms with Gasteiger partial charge in [-0.1, -0.05) is 20.3 Å². The molecule has 0 saturated carbocycles. The highest BCUT2D eigenvalue weighted by molar-refractivity contribution is 9.10. The smallest absolute Gasteiger partial charge is 0.326 e. The molecule has 0 bridgehead atoms. The van der Waals surface area contributed by atoms with Gasteiger partial charge in [0.25, 0.3) is 0 Å². The molecule has 2 atom stereocenters. The highest BCUT2D eigenvalue weighted by Crippen LogP contribution is 2.23. The minimum absolute atomic E-state index is 0.214. The largest absolute Gasteiger partial charge is 0.480 e. The van der Waals surface area contributed by atoms with Gasteiger partial charge in [0.1, 0.15) is 11.9 Å². The molecule has 0 unspecified atom stereocenters. The number of carbonyl (C=O) groups excluding carboxylic acids is 1. The Bertz CT molecular complexity index is 510. The Balaban J connectivity index is 2.75. The van der Waals surface area contributed by atoms with E-state index in [9.17, 15) is 14.0 Å². The van der Waals surface area contributed by atoms with Gasteiger partial charge < -0.3 is 15.7 Å². The molecular weight excluding hydrogens is 331 g/mol. The van der Waals surface area contributed by atoms with Gasteiger partial charge in [-0.25, -0.2) is 14.0 Å².